The van der Waals surface area contributed by atoms with Crippen molar-refractivity contribution in [3.8, 4) is 0 Å². The molecule has 0 spiro atoms. The van der Waals surface area contributed by atoms with E-state index in [9.17, 15) is 4.79 Å². The molecule has 2 N–H and O–H groups in total. The van der Waals surface area contributed by atoms with Crippen LogP contribution < -0.4 is 5.32 Å². The number of carboxylic acid groups (broad SMARTS) is 1. The summed E-state index contributed by atoms with van der Waals surface area (Å²) >= 11 is 0. The maximum absolute atomic E-state index is 10.5. The molecule has 1 unspecified atom stereocenters. The van der Waals surface area contributed by atoms with E-state index in [2.05, 4.69) is 10.2 Å². The molecule has 17 heavy (non-hydrogen) atoms. The average molecular weight is 240 g/mol. The number of carboxylic acids is 1. The van der Waals surface area contributed by atoms with E-state index >= 15 is 0 Å². The number of likely N-dealkylation sites (tertiary alicyclic amines) is 1. The number of hydrogen-bond acceptors (Lipinski definition) is 3. The maximum Gasteiger partial charge on any atom is 0.317 e. The second kappa shape index (κ2) is 6.36. The lowest BCUT2D eigenvalue weighted by Crippen LogP contribution is -2.37. The number of rotatable bonds is 5. The van der Waals surface area contributed by atoms with E-state index in [4.69, 9.17) is 5.11 Å². The van der Waals surface area contributed by atoms with Crippen LogP contribution in [-0.2, 0) is 4.79 Å². The van der Waals surface area contributed by atoms with E-state index in [-0.39, 0.29) is 6.54 Å². The summed E-state index contributed by atoms with van der Waals surface area (Å²) in [5, 5.41) is 11.7. The molecule has 0 aromatic rings. The highest BCUT2D eigenvalue weighted by Crippen LogP contribution is 2.25. The number of aliphatic carboxylic acids is 1. The quantitative estimate of drug-likeness (QED) is 0.761. The van der Waals surface area contributed by atoms with Gasteiger partial charge in [-0.1, -0.05) is 19.3 Å². The highest BCUT2D eigenvalue weighted by atomic mass is 16.4. The SMILES string of the molecule is O=C(O)CNC1CCN(CC2CCCCC2)C1. The van der Waals surface area contributed by atoms with Crippen LogP contribution in [-0.4, -0.2) is 48.2 Å². The van der Waals surface area contributed by atoms with E-state index in [0.717, 1.165) is 25.4 Å². The second-order valence-corrected chi connectivity index (χ2v) is 5.52. The molecule has 2 rings (SSSR count). The van der Waals surface area contributed by atoms with Gasteiger partial charge in [-0.25, -0.2) is 0 Å². The molecule has 0 aromatic heterocycles. The number of nitrogens with one attached hydrogen (secondary N) is 1. The Morgan fingerprint density at radius 1 is 1.24 bits per heavy atom. The van der Waals surface area contributed by atoms with Crippen LogP contribution in [0.1, 0.15) is 38.5 Å². The molecular formula is C13H24N2O2. The fraction of sp³-hybridized carbons (Fsp3) is 0.923. The molecule has 4 nitrogen and oxygen atoms in total. The Balaban J connectivity index is 1.64. The van der Waals surface area contributed by atoms with Crippen LogP contribution in [0.2, 0.25) is 0 Å². The van der Waals surface area contributed by atoms with Crippen molar-refractivity contribution < 1.29 is 9.90 Å². The summed E-state index contributed by atoms with van der Waals surface area (Å²) in [6, 6.07) is 0.384. The molecule has 0 amide bonds. The molecule has 0 radical (unpaired) electrons. The van der Waals surface area contributed by atoms with Gasteiger partial charge in [-0.2, -0.15) is 0 Å². The molecule has 2 aliphatic rings. The Kier molecular flexibility index (Phi) is 4.80. The summed E-state index contributed by atoms with van der Waals surface area (Å²) in [5.41, 5.74) is 0. The summed E-state index contributed by atoms with van der Waals surface area (Å²) in [5.74, 6) is 0.137. The van der Waals surface area contributed by atoms with E-state index in [0.29, 0.717) is 6.04 Å². The van der Waals surface area contributed by atoms with Crippen LogP contribution >= 0.6 is 0 Å². The molecule has 1 atom stereocenters. The topological polar surface area (TPSA) is 52.6 Å². The van der Waals surface area contributed by atoms with Crippen molar-refractivity contribution in [2.45, 2.75) is 44.6 Å². The highest BCUT2D eigenvalue weighted by Gasteiger charge is 2.25. The van der Waals surface area contributed by atoms with E-state index in [1.807, 2.05) is 0 Å². The van der Waals surface area contributed by atoms with E-state index in [1.165, 1.54) is 38.6 Å². The monoisotopic (exact) mass is 240 g/mol. The third-order valence-electron chi connectivity index (χ3n) is 4.06. The normalized spacial score (nSPS) is 27.4. The van der Waals surface area contributed by atoms with Crippen molar-refractivity contribution in [1.29, 1.82) is 0 Å². The molecule has 98 valence electrons. The van der Waals surface area contributed by atoms with Gasteiger partial charge in [0.05, 0.1) is 6.54 Å². The zero-order chi connectivity index (χ0) is 12.1. The van der Waals surface area contributed by atoms with E-state index < -0.39 is 5.97 Å². The van der Waals surface area contributed by atoms with Crippen LogP contribution in [0.25, 0.3) is 0 Å². The van der Waals surface area contributed by atoms with Crippen LogP contribution in [0.15, 0.2) is 0 Å². The summed E-state index contributed by atoms with van der Waals surface area (Å²) in [6.45, 7) is 3.49. The molecule has 1 saturated heterocycles. The lowest BCUT2D eigenvalue weighted by atomic mass is 9.89. The first kappa shape index (κ1) is 12.8. The maximum atomic E-state index is 10.5. The minimum absolute atomic E-state index is 0.0991. The zero-order valence-electron chi connectivity index (χ0n) is 10.5. The molecule has 0 aromatic carbocycles. The third kappa shape index (κ3) is 4.28. The number of carbonyl (C=O) groups is 1. The summed E-state index contributed by atoms with van der Waals surface area (Å²) in [6.07, 6.45) is 8.10. The van der Waals surface area contributed by atoms with E-state index in [1.54, 1.807) is 0 Å². The number of hydrogen-bond donors (Lipinski definition) is 2. The molecule has 2 fully saturated rings. The van der Waals surface area contributed by atoms with Gasteiger partial charge < -0.3 is 15.3 Å². The first-order valence-corrected chi connectivity index (χ1v) is 6.91. The van der Waals surface area contributed by atoms with Crippen LogP contribution in [0.5, 0.6) is 0 Å². The fourth-order valence-corrected chi connectivity index (χ4v) is 3.13. The van der Waals surface area contributed by atoms with Gasteiger partial charge in [0.15, 0.2) is 0 Å². The minimum Gasteiger partial charge on any atom is -0.480 e. The first-order chi connectivity index (χ1) is 8.24. The molecule has 1 saturated carbocycles. The Hall–Kier alpha value is -0.610. The fourth-order valence-electron chi connectivity index (χ4n) is 3.13. The van der Waals surface area contributed by atoms with Gasteiger partial charge in [0.25, 0.3) is 0 Å². The van der Waals surface area contributed by atoms with Crippen LogP contribution in [0, 0.1) is 5.92 Å². The van der Waals surface area contributed by atoms with Crippen LogP contribution in [0.3, 0.4) is 0 Å². The molecular weight excluding hydrogens is 216 g/mol. The standard InChI is InChI=1S/C13H24N2O2/c16-13(17)8-14-12-6-7-15(10-12)9-11-4-2-1-3-5-11/h11-12,14H,1-10H2,(H,16,17). The lowest BCUT2D eigenvalue weighted by molar-refractivity contribution is -0.136. The molecule has 1 aliphatic heterocycles. The molecule has 4 heteroatoms. The zero-order valence-corrected chi connectivity index (χ0v) is 10.5. The molecule has 1 heterocycles. The Morgan fingerprint density at radius 3 is 2.71 bits per heavy atom. The number of nitrogens with zero attached hydrogens (tertiary/aromatic N) is 1. The summed E-state index contributed by atoms with van der Waals surface area (Å²) in [7, 11) is 0. The second-order valence-electron chi connectivity index (χ2n) is 5.52. The van der Waals surface area contributed by atoms with Gasteiger partial charge in [0, 0.05) is 19.1 Å². The minimum atomic E-state index is -0.754. The molecule has 0 bridgehead atoms. The highest BCUT2D eigenvalue weighted by molar-refractivity contribution is 5.69. The van der Waals surface area contributed by atoms with Crippen molar-refractivity contribution in [1.82, 2.24) is 10.2 Å². The summed E-state index contributed by atoms with van der Waals surface area (Å²) in [4.78, 5) is 13.0. The predicted molar refractivity (Wildman–Crippen MR) is 67.1 cm³/mol. The van der Waals surface area contributed by atoms with Crippen LogP contribution in [0.4, 0.5) is 0 Å². The van der Waals surface area contributed by atoms with Crippen molar-refractivity contribution in [3.63, 3.8) is 0 Å². The lowest BCUT2D eigenvalue weighted by Gasteiger charge is -2.26. The Bertz CT molecular complexity index is 252. The first-order valence-electron chi connectivity index (χ1n) is 6.91. The van der Waals surface area contributed by atoms with Gasteiger partial charge in [-0.05, 0) is 31.7 Å². The Morgan fingerprint density at radius 2 is 2.00 bits per heavy atom. The molecule has 1 aliphatic carbocycles. The van der Waals surface area contributed by atoms with Gasteiger partial charge >= 0.3 is 5.97 Å². The largest absolute Gasteiger partial charge is 0.480 e. The summed E-state index contributed by atoms with van der Waals surface area (Å²) < 4.78 is 0. The van der Waals surface area contributed by atoms with Crippen molar-refractivity contribution in [2.24, 2.45) is 5.92 Å². The van der Waals surface area contributed by atoms with Crippen molar-refractivity contribution >= 4 is 5.97 Å². The van der Waals surface area contributed by atoms with Gasteiger partial charge in [-0.15, -0.1) is 0 Å². The van der Waals surface area contributed by atoms with Crippen molar-refractivity contribution in [2.75, 3.05) is 26.2 Å². The van der Waals surface area contributed by atoms with Gasteiger partial charge in [-0.3, -0.25) is 4.79 Å². The Labute approximate surface area is 103 Å². The predicted octanol–water partition coefficient (Wildman–Crippen LogP) is 1.32. The average Bonchev–Trinajstić information content (AvgIpc) is 2.75. The smallest absolute Gasteiger partial charge is 0.317 e. The van der Waals surface area contributed by atoms with Gasteiger partial charge in [0.2, 0.25) is 0 Å². The van der Waals surface area contributed by atoms with Crippen molar-refractivity contribution in [3.05, 3.63) is 0 Å². The third-order valence-corrected chi connectivity index (χ3v) is 4.06. The van der Waals surface area contributed by atoms with Gasteiger partial charge in [0.1, 0.15) is 0 Å².